The average molecular weight is 312 g/mol. The zero-order valence-corrected chi connectivity index (χ0v) is 13.0. The average Bonchev–Trinajstić information content (AvgIpc) is 3.18. The van der Waals surface area contributed by atoms with Crippen LogP contribution in [0.4, 0.5) is 0 Å². The first-order chi connectivity index (χ1) is 11.2. The lowest BCUT2D eigenvalue weighted by Crippen LogP contribution is -2.44. The Labute approximate surface area is 134 Å². The Kier molecular flexibility index (Phi) is 3.32. The predicted octanol–water partition coefficient (Wildman–Crippen LogP) is 1.47. The Morgan fingerprint density at radius 3 is 2.65 bits per heavy atom. The number of piperidine rings is 1. The third-order valence-corrected chi connectivity index (χ3v) is 5.14. The lowest BCUT2D eigenvalue weighted by Gasteiger charge is -2.32. The first-order valence-corrected chi connectivity index (χ1v) is 8.16. The minimum absolute atomic E-state index is 0.00221. The molecule has 4 rings (SSSR count). The predicted molar refractivity (Wildman–Crippen MR) is 85.0 cm³/mol. The molecule has 0 radical (unpaired) electrons. The normalized spacial score (nSPS) is 19.0. The third kappa shape index (κ3) is 2.81. The molecule has 1 saturated heterocycles. The first kappa shape index (κ1) is 14.2. The maximum Gasteiger partial charge on any atom is 0.272 e. The van der Waals surface area contributed by atoms with E-state index >= 15 is 0 Å². The summed E-state index contributed by atoms with van der Waals surface area (Å²) in [6, 6.07) is 7.35. The van der Waals surface area contributed by atoms with Crippen LogP contribution in [-0.2, 0) is 4.79 Å². The highest BCUT2D eigenvalue weighted by atomic mass is 16.2. The largest absolute Gasteiger partial charge is 0.342 e. The molecule has 3 heterocycles. The van der Waals surface area contributed by atoms with Gasteiger partial charge in [0, 0.05) is 19.3 Å². The summed E-state index contributed by atoms with van der Waals surface area (Å²) in [4.78, 5) is 26.2. The van der Waals surface area contributed by atoms with Gasteiger partial charge in [-0.15, -0.1) is 0 Å². The van der Waals surface area contributed by atoms with E-state index in [1.54, 1.807) is 16.8 Å². The highest BCUT2D eigenvalue weighted by molar-refractivity contribution is 5.95. The summed E-state index contributed by atoms with van der Waals surface area (Å²) < 4.78 is 1.65. The summed E-state index contributed by atoms with van der Waals surface area (Å²) in [5.41, 5.74) is 1.74. The Balaban J connectivity index is 1.33. The molecule has 2 fully saturated rings. The highest BCUT2D eigenvalue weighted by Gasteiger charge is 2.44. The lowest BCUT2D eigenvalue weighted by atomic mass is 9.94. The van der Waals surface area contributed by atoms with Gasteiger partial charge in [-0.25, -0.2) is 4.52 Å². The zero-order chi connectivity index (χ0) is 15.9. The van der Waals surface area contributed by atoms with Gasteiger partial charge in [0.15, 0.2) is 5.69 Å². The Morgan fingerprint density at radius 1 is 1.17 bits per heavy atom. The van der Waals surface area contributed by atoms with E-state index in [1.807, 2.05) is 23.1 Å². The van der Waals surface area contributed by atoms with E-state index in [0.29, 0.717) is 11.1 Å². The number of nitrogens with zero attached hydrogens (tertiary/aromatic N) is 3. The number of rotatable bonds is 3. The molecule has 6 heteroatoms. The van der Waals surface area contributed by atoms with Crippen LogP contribution in [0.25, 0.3) is 5.52 Å². The van der Waals surface area contributed by atoms with Gasteiger partial charge in [-0.3, -0.25) is 9.59 Å². The van der Waals surface area contributed by atoms with Gasteiger partial charge < -0.3 is 10.2 Å². The fourth-order valence-corrected chi connectivity index (χ4v) is 3.31. The van der Waals surface area contributed by atoms with Crippen LogP contribution in [0.5, 0.6) is 0 Å². The molecule has 0 aromatic carbocycles. The first-order valence-electron chi connectivity index (χ1n) is 8.16. The molecule has 1 N–H and O–H groups in total. The van der Waals surface area contributed by atoms with Crippen LogP contribution in [0.1, 0.15) is 36.2 Å². The lowest BCUT2D eigenvalue weighted by molar-refractivity contribution is -0.131. The van der Waals surface area contributed by atoms with Crippen molar-refractivity contribution in [1.82, 2.24) is 19.8 Å². The second-order valence-electron chi connectivity index (χ2n) is 6.66. The van der Waals surface area contributed by atoms with E-state index in [4.69, 9.17) is 0 Å². The minimum atomic E-state index is -0.308. The van der Waals surface area contributed by atoms with E-state index in [0.717, 1.165) is 31.4 Å². The summed E-state index contributed by atoms with van der Waals surface area (Å²) in [5.74, 6) is -0.310. The van der Waals surface area contributed by atoms with Crippen molar-refractivity contribution in [3.05, 3.63) is 36.2 Å². The molecule has 0 atom stereocenters. The van der Waals surface area contributed by atoms with E-state index < -0.39 is 0 Å². The van der Waals surface area contributed by atoms with Gasteiger partial charge in [0.2, 0.25) is 5.91 Å². The number of pyridine rings is 1. The summed E-state index contributed by atoms with van der Waals surface area (Å²) in [6.07, 6.45) is 6.65. The summed E-state index contributed by atoms with van der Waals surface area (Å²) >= 11 is 0. The molecule has 6 nitrogen and oxygen atoms in total. The quantitative estimate of drug-likeness (QED) is 0.933. The number of fused-ring (bicyclic) bond motifs is 1. The van der Waals surface area contributed by atoms with Gasteiger partial charge in [-0.1, -0.05) is 6.07 Å². The molecule has 1 aliphatic heterocycles. The topological polar surface area (TPSA) is 66.7 Å². The van der Waals surface area contributed by atoms with Gasteiger partial charge in [-0.2, -0.15) is 5.10 Å². The van der Waals surface area contributed by atoms with E-state index in [9.17, 15) is 9.59 Å². The van der Waals surface area contributed by atoms with Crippen LogP contribution in [0.3, 0.4) is 0 Å². The van der Waals surface area contributed by atoms with Crippen LogP contribution in [0, 0.1) is 5.41 Å². The molecule has 0 unspecified atom stereocenters. The molecule has 2 aromatic rings. The molecule has 2 amide bonds. The number of nitrogens with one attached hydrogen (secondary N) is 1. The van der Waals surface area contributed by atoms with Crippen LogP contribution in [0.15, 0.2) is 30.5 Å². The smallest absolute Gasteiger partial charge is 0.272 e. The Morgan fingerprint density at radius 2 is 1.96 bits per heavy atom. The molecule has 23 heavy (non-hydrogen) atoms. The van der Waals surface area contributed by atoms with Gasteiger partial charge in [0.25, 0.3) is 5.91 Å². The third-order valence-electron chi connectivity index (χ3n) is 5.14. The summed E-state index contributed by atoms with van der Waals surface area (Å²) in [6.45, 7) is 1.69. The molecular weight excluding hydrogens is 292 g/mol. The fraction of sp³-hybridized carbons (Fsp3) is 0.471. The molecule has 0 bridgehead atoms. The van der Waals surface area contributed by atoms with Crippen molar-refractivity contribution in [1.29, 1.82) is 0 Å². The highest BCUT2D eigenvalue weighted by Crippen LogP contribution is 2.53. The van der Waals surface area contributed by atoms with Crippen molar-refractivity contribution >= 4 is 17.3 Å². The van der Waals surface area contributed by atoms with Gasteiger partial charge in [-0.05, 0) is 49.3 Å². The van der Waals surface area contributed by atoms with Crippen LogP contribution in [0.2, 0.25) is 0 Å². The van der Waals surface area contributed by atoms with Crippen molar-refractivity contribution in [2.45, 2.75) is 25.7 Å². The van der Waals surface area contributed by atoms with E-state index in [2.05, 4.69) is 10.4 Å². The number of amides is 2. The summed E-state index contributed by atoms with van der Waals surface area (Å²) in [7, 11) is 0. The Hall–Kier alpha value is -2.37. The van der Waals surface area contributed by atoms with Crippen molar-refractivity contribution in [3.63, 3.8) is 0 Å². The molecule has 1 spiro atoms. The SMILES string of the molecule is O=C(NCC(=O)N1CCC2(CC1)CC2)c1cc2ccccn2n1. The fourth-order valence-electron chi connectivity index (χ4n) is 3.31. The van der Waals surface area contributed by atoms with Gasteiger partial charge in [0.1, 0.15) is 0 Å². The van der Waals surface area contributed by atoms with E-state index in [1.165, 1.54) is 12.8 Å². The molecule has 120 valence electrons. The van der Waals surface area contributed by atoms with Crippen molar-refractivity contribution < 1.29 is 9.59 Å². The number of aromatic nitrogens is 2. The summed E-state index contributed by atoms with van der Waals surface area (Å²) in [5, 5.41) is 6.90. The van der Waals surface area contributed by atoms with Gasteiger partial charge in [0.05, 0.1) is 12.1 Å². The molecule has 2 aliphatic rings. The number of hydrogen-bond donors (Lipinski definition) is 1. The van der Waals surface area contributed by atoms with Crippen molar-refractivity contribution in [2.75, 3.05) is 19.6 Å². The number of carbonyl (C=O) groups excluding carboxylic acids is 2. The van der Waals surface area contributed by atoms with Crippen LogP contribution < -0.4 is 5.32 Å². The van der Waals surface area contributed by atoms with Crippen molar-refractivity contribution in [2.24, 2.45) is 5.41 Å². The maximum absolute atomic E-state index is 12.2. The van der Waals surface area contributed by atoms with Gasteiger partial charge >= 0.3 is 0 Å². The maximum atomic E-state index is 12.2. The standard InChI is InChI=1S/C17H20N4O2/c22-15(20-9-6-17(4-5-17)7-10-20)12-18-16(23)14-11-13-3-1-2-8-21(13)19-14/h1-3,8,11H,4-7,9-10,12H2,(H,18,23). The number of likely N-dealkylation sites (tertiary alicyclic amines) is 1. The number of hydrogen-bond acceptors (Lipinski definition) is 3. The second-order valence-corrected chi connectivity index (χ2v) is 6.66. The zero-order valence-electron chi connectivity index (χ0n) is 13.0. The Bertz CT molecular complexity index is 720. The van der Waals surface area contributed by atoms with Crippen LogP contribution in [-0.4, -0.2) is 46.0 Å². The van der Waals surface area contributed by atoms with E-state index in [-0.39, 0.29) is 18.4 Å². The van der Waals surface area contributed by atoms with Crippen molar-refractivity contribution in [3.8, 4) is 0 Å². The number of carbonyl (C=O) groups is 2. The minimum Gasteiger partial charge on any atom is -0.342 e. The monoisotopic (exact) mass is 312 g/mol. The molecular formula is C17H20N4O2. The molecule has 2 aromatic heterocycles. The second kappa shape index (κ2) is 5.37. The molecule has 1 saturated carbocycles. The van der Waals surface area contributed by atoms with Crippen LogP contribution >= 0.6 is 0 Å². The molecule has 1 aliphatic carbocycles.